The van der Waals surface area contributed by atoms with Crippen LogP contribution in [-0.4, -0.2) is 66.9 Å². The third-order valence-electron chi connectivity index (χ3n) is 5.27. The van der Waals surface area contributed by atoms with Gasteiger partial charge in [-0.05, 0) is 19.5 Å². The first kappa shape index (κ1) is 17.7. The fourth-order valence-electron chi connectivity index (χ4n) is 3.81. The molecule has 0 saturated heterocycles. The number of carboxylic acid groups (broad SMARTS) is 1. The van der Waals surface area contributed by atoms with Crippen LogP contribution in [0.5, 0.6) is 0 Å². The Morgan fingerprint density at radius 2 is 2.11 bits per heavy atom. The number of H-pyrrole nitrogens is 1. The normalized spacial score (nSPS) is 17.3. The summed E-state index contributed by atoms with van der Waals surface area (Å²) in [7, 11) is 2.05. The van der Waals surface area contributed by atoms with Gasteiger partial charge in [-0.25, -0.2) is 0 Å². The van der Waals surface area contributed by atoms with Crippen LogP contribution in [0.4, 0.5) is 0 Å². The van der Waals surface area contributed by atoms with Crippen LogP contribution in [-0.2, 0) is 37.3 Å². The Labute approximate surface area is 156 Å². The summed E-state index contributed by atoms with van der Waals surface area (Å²) in [4.78, 5) is 27.9. The molecule has 2 aliphatic rings. The Balaban J connectivity index is 1.52. The number of carbonyl (C=O) groups is 2. The van der Waals surface area contributed by atoms with Crippen molar-refractivity contribution in [2.75, 3.05) is 20.1 Å². The van der Waals surface area contributed by atoms with Crippen molar-refractivity contribution >= 4 is 11.9 Å². The molecule has 0 aromatic carbocycles. The zero-order chi connectivity index (χ0) is 19.0. The average Bonchev–Trinajstić information content (AvgIpc) is 3.17. The molecule has 1 amide bonds. The van der Waals surface area contributed by atoms with Crippen LogP contribution < -0.4 is 0 Å². The van der Waals surface area contributed by atoms with Gasteiger partial charge in [0.1, 0.15) is 0 Å². The zero-order valence-corrected chi connectivity index (χ0v) is 15.4. The number of fused-ring (bicyclic) bond motifs is 2. The lowest BCUT2D eigenvalue weighted by molar-refractivity contribution is -0.136. The molecule has 4 rings (SSSR count). The molecule has 0 spiro atoms. The Bertz CT molecular complexity index is 871. The molecule has 144 valence electrons. The van der Waals surface area contributed by atoms with E-state index in [1.165, 1.54) is 0 Å². The summed E-state index contributed by atoms with van der Waals surface area (Å²) in [6, 6.07) is 1.92. The summed E-state index contributed by atoms with van der Waals surface area (Å²) in [6.45, 7) is 3.55. The van der Waals surface area contributed by atoms with E-state index in [9.17, 15) is 9.59 Å². The molecule has 0 unspecified atom stereocenters. The van der Waals surface area contributed by atoms with E-state index in [1.54, 1.807) is 0 Å². The van der Waals surface area contributed by atoms with Gasteiger partial charge in [-0.2, -0.15) is 10.2 Å². The molecule has 2 N–H and O–H groups in total. The van der Waals surface area contributed by atoms with Crippen LogP contribution in [0.15, 0.2) is 6.07 Å². The molecular formula is C18H24N6O3. The van der Waals surface area contributed by atoms with Gasteiger partial charge < -0.3 is 14.9 Å². The Hall–Kier alpha value is -2.68. The third-order valence-corrected chi connectivity index (χ3v) is 5.27. The van der Waals surface area contributed by atoms with Gasteiger partial charge >= 0.3 is 5.97 Å². The fourth-order valence-corrected chi connectivity index (χ4v) is 3.81. The highest BCUT2D eigenvalue weighted by atomic mass is 16.4. The maximum absolute atomic E-state index is 13.1. The maximum atomic E-state index is 13.1. The predicted octanol–water partition coefficient (Wildman–Crippen LogP) is 0.657. The van der Waals surface area contributed by atoms with Crippen molar-refractivity contribution in [1.82, 2.24) is 29.8 Å². The molecule has 0 saturated carbocycles. The van der Waals surface area contributed by atoms with E-state index < -0.39 is 5.97 Å². The number of aryl methyl sites for hydroxylation is 2. The fraction of sp³-hybridized carbons (Fsp3) is 0.556. The van der Waals surface area contributed by atoms with Crippen molar-refractivity contribution in [3.05, 3.63) is 34.4 Å². The number of rotatable bonds is 4. The number of amides is 1. The second kappa shape index (κ2) is 7.15. The highest BCUT2D eigenvalue weighted by Gasteiger charge is 2.28. The number of aliphatic carboxylic acids is 1. The summed E-state index contributed by atoms with van der Waals surface area (Å²) in [5.41, 5.74) is 4.31. The Morgan fingerprint density at radius 3 is 2.93 bits per heavy atom. The molecule has 0 bridgehead atoms. The zero-order valence-electron chi connectivity index (χ0n) is 15.4. The van der Waals surface area contributed by atoms with Crippen molar-refractivity contribution in [3.8, 4) is 0 Å². The van der Waals surface area contributed by atoms with Crippen molar-refractivity contribution in [2.45, 2.75) is 45.3 Å². The first-order valence-corrected chi connectivity index (χ1v) is 9.32. The van der Waals surface area contributed by atoms with Crippen LogP contribution >= 0.6 is 0 Å². The minimum Gasteiger partial charge on any atom is -0.481 e. The molecule has 2 aliphatic heterocycles. The highest BCUT2D eigenvalue weighted by Crippen LogP contribution is 2.22. The molecule has 4 heterocycles. The predicted molar refractivity (Wildman–Crippen MR) is 96.2 cm³/mol. The number of nitrogens with one attached hydrogen (secondary N) is 1. The van der Waals surface area contributed by atoms with Crippen LogP contribution in [0.3, 0.4) is 0 Å². The van der Waals surface area contributed by atoms with Crippen molar-refractivity contribution in [3.63, 3.8) is 0 Å². The number of aromatic amines is 1. The van der Waals surface area contributed by atoms with Gasteiger partial charge in [0.25, 0.3) is 5.91 Å². The van der Waals surface area contributed by atoms with Gasteiger partial charge in [0.15, 0.2) is 5.69 Å². The molecule has 2 aromatic rings. The number of carbonyl (C=O) groups excluding carboxylic acids is 1. The molecule has 0 atom stereocenters. The number of likely N-dealkylation sites (N-methyl/N-ethyl adjacent to an activating group) is 1. The van der Waals surface area contributed by atoms with E-state index >= 15 is 0 Å². The second-order valence-electron chi connectivity index (χ2n) is 7.34. The van der Waals surface area contributed by atoms with Gasteiger partial charge in [-0.15, -0.1) is 0 Å². The van der Waals surface area contributed by atoms with Crippen molar-refractivity contribution in [1.29, 1.82) is 0 Å². The Morgan fingerprint density at radius 1 is 1.26 bits per heavy atom. The largest absolute Gasteiger partial charge is 0.481 e. The van der Waals surface area contributed by atoms with Gasteiger partial charge in [0, 0.05) is 50.3 Å². The smallest absolute Gasteiger partial charge is 0.303 e. The first-order chi connectivity index (χ1) is 13.0. The van der Waals surface area contributed by atoms with Crippen LogP contribution in [0.25, 0.3) is 0 Å². The molecule has 2 aromatic heterocycles. The molecule has 27 heavy (non-hydrogen) atoms. The molecule has 0 fully saturated rings. The molecule has 9 nitrogen and oxygen atoms in total. The molecule has 0 aliphatic carbocycles. The van der Waals surface area contributed by atoms with Crippen molar-refractivity contribution < 1.29 is 14.7 Å². The summed E-state index contributed by atoms with van der Waals surface area (Å²) in [5, 5.41) is 20.7. The molecule has 0 radical (unpaired) electrons. The number of hydrogen-bond acceptors (Lipinski definition) is 5. The number of aromatic nitrogens is 4. The number of carboxylic acids is 1. The SMILES string of the molecule is CN1CCc2[nH]nc(C(=O)N3CCCn4nc(CCC(=O)O)cc4C3)c2C1. The van der Waals surface area contributed by atoms with E-state index in [2.05, 4.69) is 20.2 Å². The van der Waals surface area contributed by atoms with Crippen LogP contribution in [0.1, 0.15) is 46.0 Å². The minimum absolute atomic E-state index is 0.0514. The maximum Gasteiger partial charge on any atom is 0.303 e. The van der Waals surface area contributed by atoms with E-state index in [0.717, 1.165) is 55.1 Å². The summed E-state index contributed by atoms with van der Waals surface area (Å²) in [5.74, 6) is -0.882. The van der Waals surface area contributed by atoms with Gasteiger partial charge in [0.2, 0.25) is 0 Å². The van der Waals surface area contributed by atoms with Gasteiger partial charge in [-0.1, -0.05) is 0 Å². The number of hydrogen-bond donors (Lipinski definition) is 2. The summed E-state index contributed by atoms with van der Waals surface area (Å²) >= 11 is 0. The number of nitrogens with zero attached hydrogens (tertiary/aromatic N) is 5. The third kappa shape index (κ3) is 3.59. The topological polar surface area (TPSA) is 107 Å². The first-order valence-electron chi connectivity index (χ1n) is 9.32. The van der Waals surface area contributed by atoms with E-state index in [1.807, 2.05) is 22.7 Å². The molecule has 9 heteroatoms. The van der Waals surface area contributed by atoms with Crippen LogP contribution in [0.2, 0.25) is 0 Å². The second-order valence-corrected chi connectivity index (χ2v) is 7.34. The minimum atomic E-state index is -0.830. The summed E-state index contributed by atoms with van der Waals surface area (Å²) in [6.07, 6.45) is 2.16. The highest BCUT2D eigenvalue weighted by molar-refractivity contribution is 5.94. The standard InChI is InChI=1S/C18H24N6O3/c1-22-8-5-15-14(11-22)17(20-19-15)18(27)23-6-2-7-24-13(10-23)9-12(21-24)3-4-16(25)26/h9H,2-8,10-11H2,1H3,(H,19,20)(H,25,26). The van der Waals surface area contributed by atoms with Crippen LogP contribution in [0, 0.1) is 0 Å². The van der Waals surface area contributed by atoms with Gasteiger partial charge in [-0.3, -0.25) is 19.4 Å². The lowest BCUT2D eigenvalue weighted by Gasteiger charge is -2.24. The quantitative estimate of drug-likeness (QED) is 0.816. The summed E-state index contributed by atoms with van der Waals surface area (Å²) < 4.78 is 1.90. The average molecular weight is 372 g/mol. The van der Waals surface area contributed by atoms with Gasteiger partial charge in [0.05, 0.1) is 24.4 Å². The lowest BCUT2D eigenvalue weighted by Crippen LogP contribution is -2.33. The van der Waals surface area contributed by atoms with Crippen molar-refractivity contribution in [2.24, 2.45) is 0 Å². The molecular weight excluding hydrogens is 348 g/mol. The van der Waals surface area contributed by atoms with E-state index in [4.69, 9.17) is 5.11 Å². The lowest BCUT2D eigenvalue weighted by atomic mass is 10.1. The monoisotopic (exact) mass is 372 g/mol. The Kier molecular flexibility index (Phi) is 4.69. The van der Waals surface area contributed by atoms with E-state index in [-0.39, 0.29) is 12.3 Å². The van der Waals surface area contributed by atoms with E-state index in [0.29, 0.717) is 25.2 Å².